The molecule has 1 fully saturated rings. The molecule has 7 nitrogen and oxygen atoms in total. The predicted molar refractivity (Wildman–Crippen MR) is 95.0 cm³/mol. The van der Waals surface area contributed by atoms with Gasteiger partial charge in [-0.1, -0.05) is 6.07 Å². The number of aromatic amines is 1. The van der Waals surface area contributed by atoms with E-state index in [1.54, 1.807) is 19.5 Å². The van der Waals surface area contributed by atoms with Crippen LogP contribution in [0, 0.1) is 0 Å². The van der Waals surface area contributed by atoms with Crippen LogP contribution in [-0.4, -0.2) is 47.1 Å². The van der Waals surface area contributed by atoms with Crippen LogP contribution in [0.4, 0.5) is 5.82 Å². The van der Waals surface area contributed by atoms with Crippen LogP contribution in [0.15, 0.2) is 42.9 Å². The first-order valence-corrected chi connectivity index (χ1v) is 8.22. The van der Waals surface area contributed by atoms with E-state index in [9.17, 15) is 4.79 Å². The fourth-order valence-electron chi connectivity index (χ4n) is 3.21. The fourth-order valence-corrected chi connectivity index (χ4v) is 3.21. The molecule has 128 valence electrons. The van der Waals surface area contributed by atoms with Crippen LogP contribution in [0.5, 0.6) is 5.88 Å². The maximum Gasteiger partial charge on any atom is 0.257 e. The van der Waals surface area contributed by atoms with Gasteiger partial charge in [-0.3, -0.25) is 4.79 Å². The smallest absolute Gasteiger partial charge is 0.257 e. The molecule has 1 unspecified atom stereocenters. The number of hydrogen-bond donors (Lipinski definition) is 2. The van der Waals surface area contributed by atoms with Crippen molar-refractivity contribution in [1.82, 2.24) is 20.3 Å². The van der Waals surface area contributed by atoms with E-state index < -0.39 is 0 Å². The lowest BCUT2D eigenvalue weighted by molar-refractivity contribution is 0.0940. The Morgan fingerprint density at radius 2 is 2.20 bits per heavy atom. The second-order valence-corrected chi connectivity index (χ2v) is 6.07. The summed E-state index contributed by atoms with van der Waals surface area (Å²) in [5.74, 6) is 1.16. The predicted octanol–water partition coefficient (Wildman–Crippen LogP) is 1.98. The molecular weight excluding hydrogens is 318 g/mol. The first-order valence-electron chi connectivity index (χ1n) is 8.22. The van der Waals surface area contributed by atoms with E-state index in [2.05, 4.69) is 25.2 Å². The molecule has 0 spiro atoms. The number of H-pyrrole nitrogens is 1. The molecule has 1 aromatic carbocycles. The second-order valence-electron chi connectivity index (χ2n) is 6.07. The summed E-state index contributed by atoms with van der Waals surface area (Å²) in [6.07, 6.45) is 5.98. The highest BCUT2D eigenvalue weighted by Crippen LogP contribution is 2.26. The number of amides is 1. The maximum atomic E-state index is 12.5. The lowest BCUT2D eigenvalue weighted by Gasteiger charge is -2.19. The summed E-state index contributed by atoms with van der Waals surface area (Å²) >= 11 is 0. The highest BCUT2D eigenvalue weighted by Gasteiger charge is 2.27. The van der Waals surface area contributed by atoms with Crippen LogP contribution >= 0.6 is 0 Å². The molecule has 0 saturated carbocycles. The van der Waals surface area contributed by atoms with Crippen molar-refractivity contribution in [3.63, 3.8) is 0 Å². The molecule has 1 atom stereocenters. The molecule has 25 heavy (non-hydrogen) atoms. The Morgan fingerprint density at radius 1 is 1.32 bits per heavy atom. The van der Waals surface area contributed by atoms with Gasteiger partial charge in [-0.2, -0.15) is 0 Å². The number of carbonyl (C=O) groups is 1. The highest BCUT2D eigenvalue weighted by atomic mass is 16.5. The summed E-state index contributed by atoms with van der Waals surface area (Å²) in [7, 11) is 1.58. The SMILES string of the molecule is COc1nccnc1N1CCC(NC(=O)c2ccc3cc[nH]c3c2)C1. The molecule has 3 aromatic rings. The van der Waals surface area contributed by atoms with Crippen LogP contribution in [0.2, 0.25) is 0 Å². The second kappa shape index (κ2) is 6.43. The number of rotatable bonds is 4. The average molecular weight is 337 g/mol. The summed E-state index contributed by atoms with van der Waals surface area (Å²) in [5.41, 5.74) is 1.62. The van der Waals surface area contributed by atoms with E-state index in [1.165, 1.54) is 0 Å². The number of nitrogens with zero attached hydrogens (tertiary/aromatic N) is 3. The van der Waals surface area contributed by atoms with Crippen molar-refractivity contribution in [1.29, 1.82) is 0 Å². The minimum Gasteiger partial charge on any atom is -0.478 e. The molecule has 7 heteroatoms. The van der Waals surface area contributed by atoms with Gasteiger partial charge < -0.3 is 19.9 Å². The first-order chi connectivity index (χ1) is 12.2. The summed E-state index contributed by atoms with van der Waals surface area (Å²) in [6.45, 7) is 1.49. The molecule has 1 amide bonds. The van der Waals surface area contributed by atoms with Crippen molar-refractivity contribution < 1.29 is 9.53 Å². The zero-order valence-electron chi connectivity index (χ0n) is 13.9. The van der Waals surface area contributed by atoms with Crippen LogP contribution in [0.25, 0.3) is 10.9 Å². The Balaban J connectivity index is 1.44. The van der Waals surface area contributed by atoms with Crippen LogP contribution in [0.1, 0.15) is 16.8 Å². The normalized spacial score (nSPS) is 17.0. The van der Waals surface area contributed by atoms with Crippen molar-refractivity contribution in [2.75, 3.05) is 25.1 Å². The van der Waals surface area contributed by atoms with Gasteiger partial charge in [0.05, 0.1) is 7.11 Å². The van der Waals surface area contributed by atoms with E-state index in [4.69, 9.17) is 4.74 Å². The number of aromatic nitrogens is 3. The zero-order valence-corrected chi connectivity index (χ0v) is 13.9. The van der Waals surface area contributed by atoms with Crippen LogP contribution < -0.4 is 15.0 Å². The maximum absolute atomic E-state index is 12.5. The van der Waals surface area contributed by atoms with Crippen molar-refractivity contribution in [3.05, 3.63) is 48.4 Å². The third kappa shape index (κ3) is 3.00. The fraction of sp³-hybridized carbons (Fsp3) is 0.278. The molecule has 1 saturated heterocycles. The Hall–Kier alpha value is -3.09. The molecule has 1 aliphatic heterocycles. The third-order valence-corrected chi connectivity index (χ3v) is 4.48. The lowest BCUT2D eigenvalue weighted by Crippen LogP contribution is -2.37. The Labute approximate surface area is 145 Å². The quantitative estimate of drug-likeness (QED) is 0.760. The van der Waals surface area contributed by atoms with Crippen LogP contribution in [-0.2, 0) is 0 Å². The molecule has 2 N–H and O–H groups in total. The number of anilines is 1. The van der Waals surface area contributed by atoms with Gasteiger partial charge in [0.2, 0.25) is 0 Å². The van der Waals surface area contributed by atoms with Gasteiger partial charge in [-0.25, -0.2) is 9.97 Å². The van der Waals surface area contributed by atoms with E-state index in [0.717, 1.165) is 29.7 Å². The molecule has 0 bridgehead atoms. The number of carbonyl (C=O) groups excluding carboxylic acids is 1. The molecule has 0 radical (unpaired) electrons. The molecule has 2 aromatic heterocycles. The number of benzene rings is 1. The average Bonchev–Trinajstić information content (AvgIpc) is 3.30. The van der Waals surface area contributed by atoms with Crippen molar-refractivity contribution >= 4 is 22.6 Å². The van der Waals surface area contributed by atoms with E-state index in [0.29, 0.717) is 18.0 Å². The number of nitrogens with one attached hydrogen (secondary N) is 2. The van der Waals surface area contributed by atoms with Crippen molar-refractivity contribution in [2.45, 2.75) is 12.5 Å². The highest BCUT2D eigenvalue weighted by molar-refractivity contribution is 5.98. The monoisotopic (exact) mass is 337 g/mol. The Bertz CT molecular complexity index is 907. The zero-order chi connectivity index (χ0) is 17.2. The Morgan fingerprint density at radius 3 is 3.08 bits per heavy atom. The van der Waals surface area contributed by atoms with Crippen LogP contribution in [0.3, 0.4) is 0 Å². The largest absolute Gasteiger partial charge is 0.478 e. The van der Waals surface area contributed by atoms with E-state index in [-0.39, 0.29) is 11.9 Å². The summed E-state index contributed by atoms with van der Waals surface area (Å²) in [5, 5.41) is 4.20. The van der Waals surface area contributed by atoms with Gasteiger partial charge in [0.25, 0.3) is 11.8 Å². The van der Waals surface area contributed by atoms with Crippen molar-refractivity contribution in [3.8, 4) is 5.88 Å². The molecule has 4 rings (SSSR count). The minimum atomic E-state index is -0.0607. The molecule has 3 heterocycles. The van der Waals surface area contributed by atoms with Gasteiger partial charge >= 0.3 is 0 Å². The Kier molecular flexibility index (Phi) is 3.97. The number of hydrogen-bond acceptors (Lipinski definition) is 5. The van der Waals surface area contributed by atoms with Gasteiger partial charge in [0.1, 0.15) is 0 Å². The molecule has 0 aliphatic carbocycles. The number of fused-ring (bicyclic) bond motifs is 1. The van der Waals surface area contributed by atoms with Gasteiger partial charge in [0.15, 0.2) is 5.82 Å². The van der Waals surface area contributed by atoms with E-state index >= 15 is 0 Å². The molecular formula is C18H19N5O2. The first kappa shape index (κ1) is 15.4. The summed E-state index contributed by atoms with van der Waals surface area (Å²) < 4.78 is 5.27. The third-order valence-electron chi connectivity index (χ3n) is 4.48. The summed E-state index contributed by atoms with van der Waals surface area (Å²) in [4.78, 5) is 26.3. The standard InChI is InChI=1S/C18H19N5O2/c1-25-18-16(20-7-8-21-18)23-9-5-14(11-23)22-17(24)13-3-2-12-4-6-19-15(12)10-13/h2-4,6-8,10,14,19H,5,9,11H2,1H3,(H,22,24). The topological polar surface area (TPSA) is 83.1 Å². The minimum absolute atomic E-state index is 0.0607. The van der Waals surface area contributed by atoms with E-state index in [1.807, 2.05) is 30.5 Å². The summed E-state index contributed by atoms with van der Waals surface area (Å²) in [6, 6.07) is 7.73. The lowest BCUT2D eigenvalue weighted by atomic mass is 10.1. The van der Waals surface area contributed by atoms with Crippen molar-refractivity contribution in [2.24, 2.45) is 0 Å². The van der Waals surface area contributed by atoms with Gasteiger partial charge in [-0.15, -0.1) is 0 Å². The molecule has 1 aliphatic rings. The number of methoxy groups -OCH3 is 1. The van der Waals surface area contributed by atoms with Gasteiger partial charge in [-0.05, 0) is 30.0 Å². The number of ether oxygens (including phenoxy) is 1. The van der Waals surface area contributed by atoms with Gasteiger partial charge in [0, 0.05) is 48.8 Å².